The molecular weight excluding hydrogens is 437 g/mol. The number of aromatic nitrogens is 2. The van der Waals surface area contributed by atoms with Crippen molar-refractivity contribution < 1.29 is 9.13 Å². The van der Waals surface area contributed by atoms with Crippen LogP contribution in [-0.4, -0.2) is 22.7 Å². The minimum Gasteiger partial charge on any atom is -0.496 e. The van der Waals surface area contributed by atoms with E-state index in [1.165, 1.54) is 22.6 Å². The second-order valence-corrected chi connectivity index (χ2v) is 9.52. The van der Waals surface area contributed by atoms with Crippen LogP contribution in [0.4, 0.5) is 4.39 Å². The number of methoxy groups -OCH3 is 1. The van der Waals surface area contributed by atoms with E-state index in [9.17, 15) is 9.18 Å². The summed E-state index contributed by atoms with van der Waals surface area (Å²) >= 11 is 1.64. The van der Waals surface area contributed by atoms with E-state index in [1.807, 2.05) is 36.4 Å². The molecule has 170 valence electrons. The van der Waals surface area contributed by atoms with Crippen molar-refractivity contribution in [1.82, 2.24) is 14.9 Å². The Bertz CT molecular complexity index is 1330. The fraction of sp³-hybridized carbons (Fsp3) is 0.308. The molecule has 0 spiro atoms. The molecule has 1 aliphatic rings. The van der Waals surface area contributed by atoms with Gasteiger partial charge >= 0.3 is 0 Å². The molecule has 0 saturated carbocycles. The first-order valence-electron chi connectivity index (χ1n) is 11.2. The number of para-hydroxylation sites is 1. The van der Waals surface area contributed by atoms with E-state index in [2.05, 4.69) is 10.3 Å². The lowest BCUT2D eigenvalue weighted by Crippen LogP contribution is -2.33. The van der Waals surface area contributed by atoms with Crippen LogP contribution in [0.15, 0.2) is 59.7 Å². The number of hydrogen-bond donors (Lipinski definition) is 1. The Morgan fingerprint density at radius 2 is 2.03 bits per heavy atom. The van der Waals surface area contributed by atoms with Gasteiger partial charge in [0.2, 0.25) is 0 Å². The van der Waals surface area contributed by atoms with Crippen LogP contribution in [-0.2, 0) is 32.4 Å². The summed E-state index contributed by atoms with van der Waals surface area (Å²) in [5, 5.41) is 4.37. The van der Waals surface area contributed by atoms with E-state index in [-0.39, 0.29) is 11.4 Å². The van der Waals surface area contributed by atoms with E-state index in [4.69, 9.17) is 4.74 Å². The van der Waals surface area contributed by atoms with E-state index in [0.29, 0.717) is 25.6 Å². The summed E-state index contributed by atoms with van der Waals surface area (Å²) in [6.45, 7) is 1.27. The molecule has 0 saturated heterocycles. The van der Waals surface area contributed by atoms with Crippen molar-refractivity contribution in [3.05, 3.63) is 92.6 Å². The first-order chi connectivity index (χ1) is 16.1. The molecule has 5 nitrogen and oxygen atoms in total. The molecule has 5 rings (SSSR count). The molecule has 2 aromatic carbocycles. The molecule has 7 heteroatoms. The Morgan fingerprint density at radius 3 is 2.85 bits per heavy atom. The molecule has 1 unspecified atom stereocenters. The number of ether oxygens (including phenoxy) is 1. The maximum atomic E-state index is 13.3. The fourth-order valence-electron chi connectivity index (χ4n) is 4.55. The van der Waals surface area contributed by atoms with Gasteiger partial charge in [0.15, 0.2) is 0 Å². The van der Waals surface area contributed by atoms with Crippen molar-refractivity contribution in [1.29, 1.82) is 0 Å². The number of nitrogens with one attached hydrogen (secondary N) is 1. The summed E-state index contributed by atoms with van der Waals surface area (Å²) in [6, 6.07) is 14.8. The number of nitrogens with zero attached hydrogens (tertiary/aromatic N) is 2. The smallest absolute Gasteiger partial charge is 0.262 e. The second-order valence-electron chi connectivity index (χ2n) is 8.44. The van der Waals surface area contributed by atoms with Gasteiger partial charge in [-0.2, -0.15) is 0 Å². The predicted molar refractivity (Wildman–Crippen MR) is 130 cm³/mol. The summed E-state index contributed by atoms with van der Waals surface area (Å²) in [5.74, 6) is 0.624. The molecule has 1 atom stereocenters. The summed E-state index contributed by atoms with van der Waals surface area (Å²) in [4.78, 5) is 20.0. The Hall–Kier alpha value is -3.03. The minimum atomic E-state index is -0.215. The lowest BCUT2D eigenvalue weighted by Gasteiger charge is -2.23. The van der Waals surface area contributed by atoms with Crippen molar-refractivity contribution in [3.8, 4) is 5.75 Å². The Balaban J connectivity index is 1.31. The van der Waals surface area contributed by atoms with Crippen LogP contribution in [0.25, 0.3) is 10.2 Å². The van der Waals surface area contributed by atoms with Crippen molar-refractivity contribution >= 4 is 21.6 Å². The van der Waals surface area contributed by atoms with E-state index < -0.39 is 0 Å². The summed E-state index contributed by atoms with van der Waals surface area (Å²) < 4.78 is 20.3. The highest BCUT2D eigenvalue weighted by molar-refractivity contribution is 7.18. The SMILES string of the molecule is COc1ccccc1CCn1cnc2sc3c(c2c1=O)CCC(NCc1ccc(F)cc1)C3. The van der Waals surface area contributed by atoms with Crippen LogP contribution in [0.2, 0.25) is 0 Å². The molecule has 1 aliphatic carbocycles. The number of rotatable bonds is 7. The highest BCUT2D eigenvalue weighted by Crippen LogP contribution is 2.33. The van der Waals surface area contributed by atoms with Crippen LogP contribution in [0.5, 0.6) is 5.75 Å². The average Bonchev–Trinajstić information content (AvgIpc) is 3.22. The molecule has 1 N–H and O–H groups in total. The standard InChI is InChI=1S/C26H26FN3O2S/c1-32-22-5-3-2-4-18(22)12-13-30-16-29-25-24(26(30)31)21-11-10-20(14-23(21)33-25)28-15-17-6-8-19(27)9-7-17/h2-9,16,20,28H,10-15H2,1H3. The topological polar surface area (TPSA) is 56.2 Å². The second kappa shape index (κ2) is 9.45. The molecule has 2 heterocycles. The number of aryl methyl sites for hydroxylation is 3. The van der Waals surface area contributed by atoms with Gasteiger partial charge in [0, 0.05) is 24.0 Å². The van der Waals surface area contributed by atoms with Gasteiger partial charge in [-0.15, -0.1) is 11.3 Å². The molecule has 2 aromatic heterocycles. The fourth-order valence-corrected chi connectivity index (χ4v) is 5.81. The predicted octanol–water partition coefficient (Wildman–Crippen LogP) is 4.50. The quantitative estimate of drug-likeness (QED) is 0.439. The summed E-state index contributed by atoms with van der Waals surface area (Å²) in [6.07, 6.45) is 5.10. The van der Waals surface area contributed by atoms with Gasteiger partial charge in [0.1, 0.15) is 16.4 Å². The van der Waals surface area contributed by atoms with Crippen LogP contribution >= 0.6 is 11.3 Å². The zero-order valence-corrected chi connectivity index (χ0v) is 19.3. The Morgan fingerprint density at radius 1 is 1.21 bits per heavy atom. The van der Waals surface area contributed by atoms with Gasteiger partial charge in [0.25, 0.3) is 5.56 Å². The lowest BCUT2D eigenvalue weighted by atomic mass is 9.93. The van der Waals surface area contributed by atoms with E-state index >= 15 is 0 Å². The largest absolute Gasteiger partial charge is 0.496 e. The third kappa shape index (κ3) is 4.56. The normalized spacial score (nSPS) is 15.5. The number of fused-ring (bicyclic) bond motifs is 3. The van der Waals surface area contributed by atoms with Crippen LogP contribution in [0.1, 0.15) is 28.0 Å². The van der Waals surface area contributed by atoms with Crippen molar-refractivity contribution in [2.24, 2.45) is 0 Å². The third-order valence-corrected chi connectivity index (χ3v) is 7.52. The summed E-state index contributed by atoms with van der Waals surface area (Å²) in [7, 11) is 1.66. The molecule has 4 aromatic rings. The lowest BCUT2D eigenvalue weighted by molar-refractivity contribution is 0.408. The van der Waals surface area contributed by atoms with Crippen LogP contribution < -0.4 is 15.6 Å². The first-order valence-corrected chi connectivity index (χ1v) is 12.0. The maximum Gasteiger partial charge on any atom is 0.262 e. The summed E-state index contributed by atoms with van der Waals surface area (Å²) in [5.41, 5.74) is 3.36. The van der Waals surface area contributed by atoms with Gasteiger partial charge in [-0.1, -0.05) is 30.3 Å². The maximum absolute atomic E-state index is 13.3. The van der Waals surface area contributed by atoms with Gasteiger partial charge in [0.05, 0.1) is 18.8 Å². The van der Waals surface area contributed by atoms with Crippen molar-refractivity contribution in [3.63, 3.8) is 0 Å². The molecule has 0 amide bonds. The van der Waals surface area contributed by atoms with Crippen LogP contribution in [0.3, 0.4) is 0 Å². The van der Waals surface area contributed by atoms with Gasteiger partial charge in [-0.3, -0.25) is 9.36 Å². The first kappa shape index (κ1) is 21.8. The van der Waals surface area contributed by atoms with Gasteiger partial charge in [-0.25, -0.2) is 9.37 Å². The van der Waals surface area contributed by atoms with Crippen molar-refractivity contribution in [2.45, 2.75) is 44.8 Å². The van der Waals surface area contributed by atoms with Crippen molar-refractivity contribution in [2.75, 3.05) is 7.11 Å². The number of hydrogen-bond acceptors (Lipinski definition) is 5. The Labute approximate surface area is 195 Å². The minimum absolute atomic E-state index is 0.0464. The zero-order valence-electron chi connectivity index (χ0n) is 18.5. The number of thiophene rings is 1. The molecule has 0 radical (unpaired) electrons. The van der Waals surface area contributed by atoms with E-state index in [1.54, 1.807) is 29.3 Å². The van der Waals surface area contributed by atoms with Crippen LogP contribution in [0, 0.1) is 5.82 Å². The molecule has 0 aliphatic heterocycles. The molecule has 0 fully saturated rings. The molecule has 0 bridgehead atoms. The zero-order chi connectivity index (χ0) is 22.8. The highest BCUT2D eigenvalue weighted by atomic mass is 32.1. The Kier molecular flexibility index (Phi) is 6.24. The van der Waals surface area contributed by atoms with Gasteiger partial charge < -0.3 is 10.1 Å². The highest BCUT2D eigenvalue weighted by Gasteiger charge is 2.25. The molecular formula is C26H26FN3O2S. The molecule has 33 heavy (non-hydrogen) atoms. The monoisotopic (exact) mass is 463 g/mol. The number of benzene rings is 2. The third-order valence-electron chi connectivity index (χ3n) is 6.36. The average molecular weight is 464 g/mol. The van der Waals surface area contributed by atoms with Gasteiger partial charge in [-0.05, 0) is 60.6 Å². The van der Waals surface area contributed by atoms with E-state index in [0.717, 1.165) is 46.4 Å². The number of halogens is 1.